The van der Waals surface area contributed by atoms with Gasteiger partial charge in [0.05, 0.1) is 17.6 Å². The molecule has 1 fully saturated rings. The smallest absolute Gasteiger partial charge is 0.337 e. The van der Waals surface area contributed by atoms with Crippen LogP contribution in [-0.2, 0) is 14.8 Å². The molecule has 21 heavy (non-hydrogen) atoms. The van der Waals surface area contributed by atoms with Crippen molar-refractivity contribution in [1.82, 2.24) is 9.21 Å². The summed E-state index contributed by atoms with van der Waals surface area (Å²) in [7, 11) is -0.240. The van der Waals surface area contributed by atoms with Crippen LogP contribution in [0.4, 0.5) is 0 Å². The van der Waals surface area contributed by atoms with Crippen molar-refractivity contribution >= 4 is 16.0 Å². The predicted molar refractivity (Wildman–Crippen MR) is 78.8 cm³/mol. The van der Waals surface area contributed by atoms with Gasteiger partial charge in [-0.05, 0) is 37.7 Å². The third-order valence-electron chi connectivity index (χ3n) is 3.68. The van der Waals surface area contributed by atoms with Gasteiger partial charge in [0, 0.05) is 26.2 Å². The van der Waals surface area contributed by atoms with Gasteiger partial charge < -0.3 is 9.64 Å². The van der Waals surface area contributed by atoms with Gasteiger partial charge in [-0.25, -0.2) is 13.2 Å². The largest absolute Gasteiger partial charge is 0.465 e. The van der Waals surface area contributed by atoms with Crippen molar-refractivity contribution in [3.8, 4) is 0 Å². The first-order chi connectivity index (χ1) is 9.86. The number of rotatable bonds is 3. The van der Waals surface area contributed by atoms with Crippen LogP contribution in [0.15, 0.2) is 23.1 Å². The van der Waals surface area contributed by atoms with Gasteiger partial charge in [0.2, 0.25) is 10.0 Å². The number of methoxy groups -OCH3 is 1. The number of benzene rings is 1. The lowest BCUT2D eigenvalue weighted by Crippen LogP contribution is -2.47. The van der Waals surface area contributed by atoms with Crippen LogP contribution in [0.1, 0.15) is 15.9 Å². The average molecular weight is 312 g/mol. The van der Waals surface area contributed by atoms with Crippen molar-refractivity contribution in [2.24, 2.45) is 0 Å². The number of ether oxygens (including phenoxy) is 1. The van der Waals surface area contributed by atoms with E-state index >= 15 is 0 Å². The molecule has 1 heterocycles. The number of sulfonamides is 1. The van der Waals surface area contributed by atoms with E-state index in [1.165, 1.54) is 23.5 Å². The van der Waals surface area contributed by atoms with Crippen LogP contribution in [0, 0.1) is 6.92 Å². The van der Waals surface area contributed by atoms with E-state index < -0.39 is 16.0 Å². The monoisotopic (exact) mass is 312 g/mol. The minimum atomic E-state index is -3.51. The zero-order valence-electron chi connectivity index (χ0n) is 12.5. The normalized spacial score (nSPS) is 17.7. The number of aryl methyl sites for hydroxylation is 1. The molecule has 0 saturated carbocycles. The molecular weight excluding hydrogens is 292 g/mol. The number of hydrogen-bond acceptors (Lipinski definition) is 5. The topological polar surface area (TPSA) is 66.9 Å². The van der Waals surface area contributed by atoms with Gasteiger partial charge in [0.25, 0.3) is 0 Å². The second kappa shape index (κ2) is 6.13. The molecule has 0 spiro atoms. The van der Waals surface area contributed by atoms with Crippen molar-refractivity contribution in [1.29, 1.82) is 0 Å². The van der Waals surface area contributed by atoms with E-state index in [0.717, 1.165) is 13.1 Å². The number of esters is 1. The van der Waals surface area contributed by atoms with E-state index in [0.29, 0.717) is 24.2 Å². The van der Waals surface area contributed by atoms with Crippen LogP contribution in [0.5, 0.6) is 0 Å². The Labute approximate surface area is 125 Å². The molecule has 0 amide bonds. The van der Waals surface area contributed by atoms with E-state index in [9.17, 15) is 13.2 Å². The summed E-state index contributed by atoms with van der Waals surface area (Å²) < 4.78 is 31.4. The average Bonchev–Trinajstić information content (AvgIpc) is 2.46. The number of piperazine rings is 1. The molecule has 1 aromatic carbocycles. The van der Waals surface area contributed by atoms with E-state index in [-0.39, 0.29) is 4.90 Å². The zero-order valence-corrected chi connectivity index (χ0v) is 13.3. The second-order valence-corrected chi connectivity index (χ2v) is 7.09. The molecule has 1 aromatic rings. The summed E-state index contributed by atoms with van der Waals surface area (Å²) in [6.07, 6.45) is 0. The van der Waals surface area contributed by atoms with Gasteiger partial charge in [-0.15, -0.1) is 0 Å². The van der Waals surface area contributed by atoms with Crippen molar-refractivity contribution in [3.63, 3.8) is 0 Å². The Morgan fingerprint density at radius 2 is 1.81 bits per heavy atom. The number of carbonyl (C=O) groups is 1. The van der Waals surface area contributed by atoms with Gasteiger partial charge in [-0.3, -0.25) is 0 Å². The fourth-order valence-electron chi connectivity index (χ4n) is 2.35. The molecule has 0 radical (unpaired) electrons. The Kier molecular flexibility index (Phi) is 4.65. The van der Waals surface area contributed by atoms with E-state index in [4.69, 9.17) is 0 Å². The fraction of sp³-hybridized carbons (Fsp3) is 0.500. The lowest BCUT2D eigenvalue weighted by molar-refractivity contribution is 0.0600. The standard InChI is InChI=1S/C14H20N2O4S/c1-11-10-12(14(17)20-3)4-5-13(11)21(18,19)16-8-6-15(2)7-9-16/h4-5,10H,6-9H2,1-3H3. The third-order valence-corrected chi connectivity index (χ3v) is 5.73. The highest BCUT2D eigenvalue weighted by Gasteiger charge is 2.28. The molecule has 1 saturated heterocycles. The summed E-state index contributed by atoms with van der Waals surface area (Å²) in [6, 6.07) is 4.52. The molecule has 1 aliphatic rings. The number of carbonyl (C=O) groups excluding carboxylic acids is 1. The third kappa shape index (κ3) is 3.25. The number of nitrogens with zero attached hydrogens (tertiary/aromatic N) is 2. The Hall–Kier alpha value is -1.44. The van der Waals surface area contributed by atoms with Crippen molar-refractivity contribution in [2.75, 3.05) is 40.3 Å². The lowest BCUT2D eigenvalue weighted by atomic mass is 10.1. The first-order valence-electron chi connectivity index (χ1n) is 6.74. The van der Waals surface area contributed by atoms with Gasteiger partial charge in [0.15, 0.2) is 0 Å². The molecule has 2 rings (SSSR count). The molecule has 7 heteroatoms. The van der Waals surface area contributed by atoms with Crippen LogP contribution in [0.25, 0.3) is 0 Å². The van der Waals surface area contributed by atoms with Crippen LogP contribution < -0.4 is 0 Å². The van der Waals surface area contributed by atoms with E-state index in [1.807, 2.05) is 7.05 Å². The van der Waals surface area contributed by atoms with Crippen LogP contribution in [0.3, 0.4) is 0 Å². The highest BCUT2D eigenvalue weighted by atomic mass is 32.2. The first-order valence-corrected chi connectivity index (χ1v) is 8.18. The van der Waals surface area contributed by atoms with Crippen molar-refractivity contribution in [3.05, 3.63) is 29.3 Å². The predicted octanol–water partition coefficient (Wildman–Crippen LogP) is 0.718. The molecule has 0 aliphatic carbocycles. The summed E-state index contributed by atoms with van der Waals surface area (Å²) in [4.78, 5) is 13.8. The second-order valence-electron chi connectivity index (χ2n) is 5.18. The molecular formula is C14H20N2O4S. The molecule has 0 atom stereocenters. The fourth-order valence-corrected chi connectivity index (χ4v) is 3.98. The van der Waals surface area contributed by atoms with Crippen LogP contribution in [-0.4, -0.2) is 63.9 Å². The Balaban J connectivity index is 2.30. The van der Waals surface area contributed by atoms with Crippen LogP contribution in [0.2, 0.25) is 0 Å². The first kappa shape index (κ1) is 15.9. The van der Waals surface area contributed by atoms with Gasteiger partial charge in [-0.2, -0.15) is 4.31 Å². The highest BCUT2D eigenvalue weighted by molar-refractivity contribution is 7.89. The Morgan fingerprint density at radius 3 is 2.33 bits per heavy atom. The molecule has 6 nitrogen and oxygen atoms in total. The molecule has 0 bridgehead atoms. The van der Waals surface area contributed by atoms with Gasteiger partial charge in [-0.1, -0.05) is 0 Å². The van der Waals surface area contributed by atoms with Gasteiger partial charge in [0.1, 0.15) is 0 Å². The van der Waals surface area contributed by atoms with Crippen molar-refractivity contribution in [2.45, 2.75) is 11.8 Å². The summed E-state index contributed by atoms with van der Waals surface area (Å²) in [5, 5.41) is 0. The lowest BCUT2D eigenvalue weighted by Gasteiger charge is -2.31. The van der Waals surface area contributed by atoms with Gasteiger partial charge >= 0.3 is 5.97 Å². The maximum absolute atomic E-state index is 12.7. The SMILES string of the molecule is COC(=O)c1ccc(S(=O)(=O)N2CCN(C)CC2)c(C)c1. The van der Waals surface area contributed by atoms with E-state index in [2.05, 4.69) is 9.64 Å². The minimum absolute atomic E-state index is 0.250. The quantitative estimate of drug-likeness (QED) is 0.769. The minimum Gasteiger partial charge on any atom is -0.465 e. The molecule has 116 valence electrons. The summed E-state index contributed by atoms with van der Waals surface area (Å²) in [6.45, 7) is 4.10. The molecule has 1 aliphatic heterocycles. The van der Waals surface area contributed by atoms with E-state index in [1.54, 1.807) is 13.0 Å². The summed E-state index contributed by atoms with van der Waals surface area (Å²) in [5.74, 6) is -0.471. The molecule has 0 unspecified atom stereocenters. The Morgan fingerprint density at radius 1 is 1.19 bits per heavy atom. The maximum Gasteiger partial charge on any atom is 0.337 e. The molecule has 0 N–H and O–H groups in total. The van der Waals surface area contributed by atoms with Crippen molar-refractivity contribution < 1.29 is 17.9 Å². The Bertz CT molecular complexity index is 634. The van der Waals surface area contributed by atoms with Crippen LogP contribution >= 0.6 is 0 Å². The number of likely N-dealkylation sites (N-methyl/N-ethyl adjacent to an activating group) is 1. The zero-order chi connectivity index (χ0) is 15.6. The maximum atomic E-state index is 12.7. The summed E-state index contributed by atoms with van der Waals surface area (Å²) in [5.41, 5.74) is 0.907. The highest BCUT2D eigenvalue weighted by Crippen LogP contribution is 2.22. The number of hydrogen-bond donors (Lipinski definition) is 0. The molecule has 0 aromatic heterocycles. The summed E-state index contributed by atoms with van der Waals surface area (Å²) >= 11 is 0.